The van der Waals surface area contributed by atoms with E-state index < -0.39 is 23.4 Å². The Kier molecular flexibility index (Phi) is 11.0. The first kappa shape index (κ1) is 28.4. The molecule has 1 aromatic carbocycles. The number of hydrogen-bond acceptors (Lipinski definition) is 8. The van der Waals surface area contributed by atoms with Crippen LogP contribution in [0.5, 0.6) is 5.75 Å². The first-order valence-corrected chi connectivity index (χ1v) is 10.7. The van der Waals surface area contributed by atoms with E-state index in [1.807, 2.05) is 35.0 Å². The Balaban J connectivity index is 0.000000344. The first-order chi connectivity index (χ1) is 15.8. The van der Waals surface area contributed by atoms with Crippen LogP contribution in [0.25, 0.3) is 0 Å². The zero-order valence-electron chi connectivity index (χ0n) is 20.9. The van der Waals surface area contributed by atoms with E-state index in [0.717, 1.165) is 30.0 Å². The molecule has 0 radical (unpaired) electrons. The zero-order chi connectivity index (χ0) is 25.8. The van der Waals surface area contributed by atoms with Crippen molar-refractivity contribution >= 4 is 12.2 Å². The highest BCUT2D eigenvalue weighted by atomic mass is 16.6. The number of methoxy groups -OCH3 is 1. The molecular formula is C23H34N6O5. The van der Waals surface area contributed by atoms with Crippen LogP contribution < -0.4 is 4.74 Å². The van der Waals surface area contributed by atoms with Crippen LogP contribution in [0.15, 0.2) is 47.1 Å². The van der Waals surface area contributed by atoms with Crippen LogP contribution in [0.3, 0.4) is 0 Å². The van der Waals surface area contributed by atoms with E-state index in [9.17, 15) is 9.59 Å². The fourth-order valence-electron chi connectivity index (χ4n) is 2.31. The summed E-state index contributed by atoms with van der Waals surface area (Å²) in [6.07, 6.45) is 1.72. The number of amides is 2. The second-order valence-corrected chi connectivity index (χ2v) is 9.09. The van der Waals surface area contributed by atoms with Gasteiger partial charge in [0.1, 0.15) is 17.0 Å². The third kappa shape index (κ3) is 12.4. The summed E-state index contributed by atoms with van der Waals surface area (Å²) in [5.74, 6) is 1.73. The number of aromatic nitrogens is 4. The number of hydrogen-bond donors (Lipinski definition) is 0. The zero-order valence-corrected chi connectivity index (χ0v) is 20.9. The molecule has 1 heterocycles. The summed E-state index contributed by atoms with van der Waals surface area (Å²) in [6.45, 7) is 14.5. The van der Waals surface area contributed by atoms with Crippen LogP contribution in [0.2, 0.25) is 0 Å². The number of aryl methyl sites for hydroxylation is 1. The van der Waals surface area contributed by atoms with Crippen molar-refractivity contribution in [1.29, 1.82) is 0 Å². The van der Waals surface area contributed by atoms with Gasteiger partial charge < -0.3 is 14.2 Å². The van der Waals surface area contributed by atoms with E-state index in [0.29, 0.717) is 6.54 Å². The minimum Gasteiger partial charge on any atom is -0.497 e. The second-order valence-electron chi connectivity index (χ2n) is 9.09. The molecule has 0 bridgehead atoms. The molecule has 186 valence electrons. The molecule has 0 aliphatic carbocycles. The average Bonchev–Trinajstić information content (AvgIpc) is 3.16. The van der Waals surface area contributed by atoms with Crippen molar-refractivity contribution in [3.8, 4) is 5.75 Å². The number of ether oxygens (including phenoxy) is 3. The van der Waals surface area contributed by atoms with Crippen molar-refractivity contribution in [2.45, 2.75) is 72.1 Å². The molecule has 0 saturated heterocycles. The van der Waals surface area contributed by atoms with E-state index in [1.54, 1.807) is 48.7 Å². The summed E-state index contributed by atoms with van der Waals surface area (Å²) in [5, 5.41) is 17.9. The first-order valence-electron chi connectivity index (χ1n) is 10.7. The van der Waals surface area contributed by atoms with Gasteiger partial charge in [-0.3, -0.25) is 0 Å². The lowest BCUT2D eigenvalue weighted by atomic mass is 10.2. The lowest BCUT2D eigenvalue weighted by Crippen LogP contribution is -2.23. The van der Waals surface area contributed by atoms with Gasteiger partial charge in [0.2, 0.25) is 0 Å². The van der Waals surface area contributed by atoms with E-state index in [-0.39, 0.29) is 0 Å². The summed E-state index contributed by atoms with van der Waals surface area (Å²) in [4.78, 5) is 22.1. The smallest absolute Gasteiger partial charge is 0.453 e. The molecule has 2 aromatic rings. The number of benzene rings is 1. The molecule has 2 rings (SSSR count). The van der Waals surface area contributed by atoms with Crippen molar-refractivity contribution in [3.63, 3.8) is 0 Å². The van der Waals surface area contributed by atoms with Crippen molar-refractivity contribution in [2.24, 2.45) is 10.2 Å². The Morgan fingerprint density at radius 2 is 1.53 bits per heavy atom. The number of carbonyl (C=O) groups excluding carboxylic acids is 2. The third-order valence-electron chi connectivity index (χ3n) is 3.67. The molecule has 0 fully saturated rings. The molecule has 11 heteroatoms. The maximum absolute atomic E-state index is 11.0. The highest BCUT2D eigenvalue weighted by Crippen LogP contribution is 2.13. The normalized spacial score (nSPS) is 11.4. The Hall–Kier alpha value is -3.63. The lowest BCUT2D eigenvalue weighted by molar-refractivity contribution is 0.0516. The molecule has 0 unspecified atom stereocenters. The van der Waals surface area contributed by atoms with Gasteiger partial charge in [-0.25, -0.2) is 14.3 Å². The average molecular weight is 475 g/mol. The van der Waals surface area contributed by atoms with Gasteiger partial charge in [-0.2, -0.15) is 0 Å². The van der Waals surface area contributed by atoms with Gasteiger partial charge in [-0.1, -0.05) is 28.4 Å². The Labute approximate surface area is 200 Å². The van der Waals surface area contributed by atoms with Crippen LogP contribution >= 0.6 is 0 Å². The number of nitrogens with zero attached hydrogens (tertiary/aromatic N) is 6. The fourth-order valence-corrected chi connectivity index (χ4v) is 2.31. The Bertz CT molecular complexity index is 925. The molecule has 0 aliphatic heterocycles. The van der Waals surface area contributed by atoms with Crippen molar-refractivity contribution in [2.75, 3.05) is 7.11 Å². The van der Waals surface area contributed by atoms with E-state index in [4.69, 9.17) is 14.2 Å². The summed E-state index contributed by atoms with van der Waals surface area (Å²) >= 11 is 0. The SMILES string of the molecule is C=CCCc1nnnn1Cc1ccc(OC)cc1.CC(C)(C)OC(=O)N=NC(=O)OC(C)(C)C. The number of allylic oxidation sites excluding steroid dienone is 1. The van der Waals surface area contributed by atoms with Crippen molar-refractivity contribution in [1.82, 2.24) is 20.2 Å². The van der Waals surface area contributed by atoms with Gasteiger partial charge in [-0.05, 0) is 76.1 Å². The number of tetrazole rings is 1. The van der Waals surface area contributed by atoms with Crippen LogP contribution in [0.1, 0.15) is 59.4 Å². The van der Waals surface area contributed by atoms with Gasteiger partial charge in [-0.15, -0.1) is 11.7 Å². The van der Waals surface area contributed by atoms with Gasteiger partial charge in [0.15, 0.2) is 5.82 Å². The van der Waals surface area contributed by atoms with E-state index in [1.165, 1.54) is 0 Å². The van der Waals surface area contributed by atoms with Gasteiger partial charge in [0.25, 0.3) is 0 Å². The Morgan fingerprint density at radius 1 is 1.00 bits per heavy atom. The van der Waals surface area contributed by atoms with Crippen LogP contribution in [0.4, 0.5) is 9.59 Å². The van der Waals surface area contributed by atoms with Gasteiger partial charge >= 0.3 is 12.2 Å². The molecule has 0 N–H and O–H groups in total. The summed E-state index contributed by atoms with van der Waals surface area (Å²) in [5.41, 5.74) is -0.184. The van der Waals surface area contributed by atoms with Crippen LogP contribution in [-0.4, -0.2) is 50.7 Å². The van der Waals surface area contributed by atoms with E-state index in [2.05, 4.69) is 32.3 Å². The van der Waals surface area contributed by atoms with E-state index >= 15 is 0 Å². The third-order valence-corrected chi connectivity index (χ3v) is 3.67. The monoisotopic (exact) mass is 474 g/mol. The second kappa shape index (κ2) is 13.2. The minimum atomic E-state index is -0.918. The number of azo groups is 1. The topological polar surface area (TPSA) is 130 Å². The fraction of sp³-hybridized carbons (Fsp3) is 0.522. The number of carbonyl (C=O) groups is 2. The highest BCUT2D eigenvalue weighted by molar-refractivity contribution is 5.73. The minimum absolute atomic E-state index is 0.663. The summed E-state index contributed by atoms with van der Waals surface area (Å²) in [6, 6.07) is 7.89. The molecule has 0 atom stereocenters. The highest BCUT2D eigenvalue weighted by Gasteiger charge is 2.18. The summed E-state index contributed by atoms with van der Waals surface area (Å²) < 4.78 is 16.6. The van der Waals surface area contributed by atoms with Gasteiger partial charge in [0, 0.05) is 6.42 Å². The summed E-state index contributed by atoms with van der Waals surface area (Å²) in [7, 11) is 1.66. The predicted molar refractivity (Wildman–Crippen MR) is 126 cm³/mol. The quantitative estimate of drug-likeness (QED) is 0.414. The standard InChI is InChI=1S/C13H16N4O.C10H18N2O4/c1-3-4-5-13-14-15-16-17(13)10-11-6-8-12(18-2)9-7-11;1-9(2,3)15-7(13)11-12-8(14)16-10(4,5)6/h3,6-9H,1,4-5,10H2,2H3;1-6H3. The molecule has 1 aromatic heterocycles. The molecule has 34 heavy (non-hydrogen) atoms. The molecular weight excluding hydrogens is 440 g/mol. The molecule has 11 nitrogen and oxygen atoms in total. The van der Waals surface area contributed by atoms with Gasteiger partial charge in [0.05, 0.1) is 13.7 Å². The maximum atomic E-state index is 11.0. The van der Waals surface area contributed by atoms with Crippen LogP contribution in [0, 0.1) is 0 Å². The maximum Gasteiger partial charge on any atom is 0.453 e. The number of rotatable bonds is 6. The largest absolute Gasteiger partial charge is 0.497 e. The van der Waals surface area contributed by atoms with Crippen molar-refractivity contribution in [3.05, 3.63) is 48.3 Å². The molecule has 0 aliphatic rings. The Morgan fingerprint density at radius 3 is 1.97 bits per heavy atom. The van der Waals surface area contributed by atoms with Crippen LogP contribution in [-0.2, 0) is 22.4 Å². The van der Waals surface area contributed by atoms with Crippen molar-refractivity contribution < 1.29 is 23.8 Å². The lowest BCUT2D eigenvalue weighted by Gasteiger charge is -2.17. The molecule has 0 spiro atoms. The molecule has 2 amide bonds. The molecule has 0 saturated carbocycles. The predicted octanol–water partition coefficient (Wildman–Crippen LogP) is 5.16.